The van der Waals surface area contributed by atoms with E-state index in [1.807, 2.05) is 13.8 Å². The number of carbonyl (C=O) groups is 2. The Morgan fingerprint density at radius 3 is 2.06 bits per heavy atom. The summed E-state index contributed by atoms with van der Waals surface area (Å²) in [5, 5.41) is 0. The van der Waals surface area contributed by atoms with Gasteiger partial charge in [-0.05, 0) is 13.3 Å². The monoisotopic (exact) mass is 226 g/mol. The lowest BCUT2D eigenvalue weighted by Gasteiger charge is -2.37. The molecule has 1 rings (SSSR count). The maximum Gasteiger partial charge on any atom is 0.314 e. The van der Waals surface area contributed by atoms with Gasteiger partial charge in [0.2, 0.25) is 0 Å². The van der Waals surface area contributed by atoms with Gasteiger partial charge in [0.1, 0.15) is 0 Å². The first-order valence-corrected chi connectivity index (χ1v) is 5.43. The third kappa shape index (κ3) is 1.96. The Kier molecular flexibility index (Phi) is 4.10. The summed E-state index contributed by atoms with van der Waals surface area (Å²) < 4.78 is 9.42. The van der Waals surface area contributed by atoms with Gasteiger partial charge in [-0.3, -0.25) is 9.59 Å². The minimum absolute atomic E-state index is 0.343. The van der Waals surface area contributed by atoms with Gasteiger partial charge >= 0.3 is 11.9 Å². The average Bonchev–Trinajstić information content (AvgIpc) is 2.30. The topological polar surface area (TPSA) is 52.6 Å². The summed E-state index contributed by atoms with van der Waals surface area (Å²) in [6.07, 6.45) is 1.78. The van der Waals surface area contributed by atoms with E-state index < -0.39 is 11.8 Å². The van der Waals surface area contributed by atoms with Gasteiger partial charge in [0.25, 0.3) is 0 Å². The van der Waals surface area contributed by atoms with E-state index >= 15 is 0 Å². The molecular weight excluding hydrogens is 208 g/mol. The third-order valence-electron chi connectivity index (χ3n) is 3.11. The summed E-state index contributed by atoms with van der Waals surface area (Å²) in [6.45, 7) is 3.92. The summed E-state index contributed by atoms with van der Waals surface area (Å²) in [5.74, 6) is -1.58. The van der Waals surface area contributed by atoms with Gasteiger partial charge in [-0.25, -0.2) is 0 Å². The van der Waals surface area contributed by atoms with Crippen molar-refractivity contribution in [2.45, 2.75) is 26.7 Å². The second-order valence-corrected chi connectivity index (χ2v) is 3.96. The van der Waals surface area contributed by atoms with Gasteiger partial charge in [0, 0.05) is 0 Å². The van der Waals surface area contributed by atoms with E-state index in [1.165, 1.54) is 14.2 Å². The molecule has 0 aliphatic heterocycles. The van der Waals surface area contributed by atoms with Crippen LogP contribution in [0.15, 0.2) is 11.1 Å². The molecule has 0 aromatic heterocycles. The first-order chi connectivity index (χ1) is 7.58. The van der Waals surface area contributed by atoms with Crippen molar-refractivity contribution in [1.29, 1.82) is 0 Å². The van der Waals surface area contributed by atoms with Crippen LogP contribution in [0.1, 0.15) is 26.7 Å². The number of methoxy groups -OCH3 is 2. The van der Waals surface area contributed by atoms with E-state index in [2.05, 4.69) is 0 Å². The normalized spacial score (nSPS) is 23.8. The molecule has 0 unspecified atom stereocenters. The summed E-state index contributed by atoms with van der Waals surface area (Å²) in [5.41, 5.74) is 1.99. The van der Waals surface area contributed by atoms with E-state index in [4.69, 9.17) is 9.47 Å². The molecule has 0 bridgehead atoms. The van der Waals surface area contributed by atoms with Crippen molar-refractivity contribution >= 4 is 11.9 Å². The van der Waals surface area contributed by atoms with E-state index in [9.17, 15) is 9.59 Å². The van der Waals surface area contributed by atoms with Crippen molar-refractivity contribution in [3.63, 3.8) is 0 Å². The Morgan fingerprint density at radius 2 is 1.62 bits per heavy atom. The van der Waals surface area contributed by atoms with E-state index in [1.54, 1.807) is 0 Å². The standard InChI is InChI=1S/C12H18O4/c1-5-6-8-7(2)9(11(13)15-3)10(8)12(14)16-4/h9-10H,5-6H2,1-4H3/t9-,10+/m1/s1. The third-order valence-corrected chi connectivity index (χ3v) is 3.11. The lowest BCUT2D eigenvalue weighted by atomic mass is 9.67. The predicted octanol–water partition coefficient (Wildman–Crippen LogP) is 1.70. The minimum Gasteiger partial charge on any atom is -0.469 e. The minimum atomic E-state index is -0.445. The van der Waals surface area contributed by atoms with Crippen LogP contribution < -0.4 is 0 Å². The fourth-order valence-electron chi connectivity index (χ4n) is 2.27. The highest BCUT2D eigenvalue weighted by molar-refractivity contribution is 5.90. The largest absolute Gasteiger partial charge is 0.469 e. The number of carbonyl (C=O) groups excluding carboxylic acids is 2. The highest BCUT2D eigenvalue weighted by Crippen LogP contribution is 2.44. The van der Waals surface area contributed by atoms with Crippen LogP contribution in [-0.4, -0.2) is 26.2 Å². The van der Waals surface area contributed by atoms with Crippen molar-refractivity contribution in [1.82, 2.24) is 0 Å². The summed E-state index contributed by atoms with van der Waals surface area (Å²) in [4.78, 5) is 23.1. The second-order valence-electron chi connectivity index (χ2n) is 3.96. The smallest absolute Gasteiger partial charge is 0.314 e. The van der Waals surface area contributed by atoms with Gasteiger partial charge in [0.05, 0.1) is 26.1 Å². The van der Waals surface area contributed by atoms with E-state index in [-0.39, 0.29) is 11.9 Å². The molecule has 0 saturated carbocycles. The second kappa shape index (κ2) is 5.14. The molecule has 0 heterocycles. The zero-order valence-corrected chi connectivity index (χ0v) is 10.2. The summed E-state index contributed by atoms with van der Waals surface area (Å²) in [6, 6.07) is 0. The quantitative estimate of drug-likeness (QED) is 0.540. The first kappa shape index (κ1) is 12.7. The van der Waals surface area contributed by atoms with Gasteiger partial charge in [-0.1, -0.05) is 24.5 Å². The zero-order chi connectivity index (χ0) is 12.3. The SMILES string of the molecule is CCCC1=C(C)[C@@H](C(=O)OC)[C@H]1C(=O)OC. The average molecular weight is 226 g/mol. The van der Waals surface area contributed by atoms with Crippen molar-refractivity contribution in [2.24, 2.45) is 11.8 Å². The number of hydrogen-bond acceptors (Lipinski definition) is 4. The maximum absolute atomic E-state index is 11.6. The molecular formula is C12H18O4. The Morgan fingerprint density at radius 1 is 1.12 bits per heavy atom. The molecule has 0 N–H and O–H groups in total. The van der Waals surface area contributed by atoms with E-state index in [0.717, 1.165) is 24.0 Å². The number of ether oxygens (including phenoxy) is 2. The fourth-order valence-corrected chi connectivity index (χ4v) is 2.27. The summed E-state index contributed by atoms with van der Waals surface area (Å²) in [7, 11) is 2.68. The summed E-state index contributed by atoms with van der Waals surface area (Å²) >= 11 is 0. The van der Waals surface area contributed by atoms with Crippen LogP contribution in [0.25, 0.3) is 0 Å². The number of esters is 2. The highest BCUT2D eigenvalue weighted by atomic mass is 16.5. The molecule has 4 nitrogen and oxygen atoms in total. The highest BCUT2D eigenvalue weighted by Gasteiger charge is 2.47. The van der Waals surface area contributed by atoms with Crippen LogP contribution in [0, 0.1) is 11.8 Å². The molecule has 0 amide bonds. The molecule has 1 aliphatic rings. The molecule has 0 radical (unpaired) electrons. The van der Waals surface area contributed by atoms with E-state index in [0.29, 0.717) is 0 Å². The number of rotatable bonds is 4. The molecule has 0 spiro atoms. The maximum atomic E-state index is 11.6. The zero-order valence-electron chi connectivity index (χ0n) is 10.2. The molecule has 2 atom stereocenters. The molecule has 0 aromatic rings. The lowest BCUT2D eigenvalue weighted by molar-refractivity contribution is -0.156. The van der Waals surface area contributed by atoms with Gasteiger partial charge in [-0.15, -0.1) is 0 Å². The van der Waals surface area contributed by atoms with Crippen LogP contribution in [0.5, 0.6) is 0 Å². The van der Waals surface area contributed by atoms with Gasteiger partial charge < -0.3 is 9.47 Å². The Bertz CT molecular complexity index is 330. The van der Waals surface area contributed by atoms with Crippen LogP contribution in [0.2, 0.25) is 0 Å². The molecule has 4 heteroatoms. The molecule has 0 saturated heterocycles. The van der Waals surface area contributed by atoms with Crippen molar-refractivity contribution in [2.75, 3.05) is 14.2 Å². The van der Waals surface area contributed by atoms with Gasteiger partial charge in [0.15, 0.2) is 0 Å². The Hall–Kier alpha value is -1.32. The molecule has 0 aromatic carbocycles. The first-order valence-electron chi connectivity index (χ1n) is 5.43. The van der Waals surface area contributed by atoms with Crippen LogP contribution in [-0.2, 0) is 19.1 Å². The predicted molar refractivity (Wildman–Crippen MR) is 58.6 cm³/mol. The molecule has 1 aliphatic carbocycles. The van der Waals surface area contributed by atoms with Crippen molar-refractivity contribution in [3.05, 3.63) is 11.1 Å². The fraction of sp³-hybridized carbons (Fsp3) is 0.667. The number of hydrogen-bond donors (Lipinski definition) is 0. The van der Waals surface area contributed by atoms with Crippen molar-refractivity contribution in [3.8, 4) is 0 Å². The van der Waals surface area contributed by atoms with Crippen LogP contribution >= 0.6 is 0 Å². The Balaban J connectivity index is 2.94. The molecule has 0 fully saturated rings. The lowest BCUT2D eigenvalue weighted by Crippen LogP contribution is -2.42. The Labute approximate surface area is 95.6 Å². The molecule has 16 heavy (non-hydrogen) atoms. The van der Waals surface area contributed by atoms with Crippen molar-refractivity contribution < 1.29 is 19.1 Å². The van der Waals surface area contributed by atoms with Crippen LogP contribution in [0.4, 0.5) is 0 Å². The molecule has 90 valence electrons. The van der Waals surface area contributed by atoms with Crippen LogP contribution in [0.3, 0.4) is 0 Å². The van der Waals surface area contributed by atoms with Gasteiger partial charge in [-0.2, -0.15) is 0 Å².